The van der Waals surface area contributed by atoms with E-state index in [0.29, 0.717) is 11.8 Å². The number of rotatable bonds is 4. The van der Waals surface area contributed by atoms with E-state index in [1.807, 2.05) is 0 Å². The van der Waals surface area contributed by atoms with E-state index in [4.69, 9.17) is 5.11 Å². The van der Waals surface area contributed by atoms with Crippen LogP contribution in [0.2, 0.25) is 0 Å². The number of hydrogen-bond donors (Lipinski definition) is 2. The van der Waals surface area contributed by atoms with Crippen molar-refractivity contribution in [3.8, 4) is 0 Å². The number of carbonyl (C=O) groups excluding carboxylic acids is 1. The number of likely N-dealkylation sites (N-methyl/N-ethyl adjacent to an activating group) is 1. The molecule has 3 atom stereocenters. The van der Waals surface area contributed by atoms with Gasteiger partial charge in [0, 0.05) is 19.5 Å². The van der Waals surface area contributed by atoms with Crippen LogP contribution in [0.15, 0.2) is 0 Å². The number of aliphatic hydroxyl groups is 2. The highest BCUT2D eigenvalue weighted by molar-refractivity contribution is 5.82. The van der Waals surface area contributed by atoms with E-state index < -0.39 is 6.10 Å². The maximum atomic E-state index is 12.1. The molecule has 0 radical (unpaired) electrons. The van der Waals surface area contributed by atoms with Crippen LogP contribution in [0.25, 0.3) is 0 Å². The van der Waals surface area contributed by atoms with Gasteiger partial charge in [0.25, 0.3) is 0 Å². The highest BCUT2D eigenvalue weighted by Crippen LogP contribution is 2.55. The van der Waals surface area contributed by atoms with E-state index >= 15 is 0 Å². The normalized spacial score (nSPS) is 34.1. The van der Waals surface area contributed by atoms with Crippen LogP contribution in [-0.2, 0) is 4.79 Å². The summed E-state index contributed by atoms with van der Waals surface area (Å²) in [5, 5.41) is 18.0. The smallest absolute Gasteiger partial charge is 0.226 e. The van der Waals surface area contributed by atoms with Gasteiger partial charge >= 0.3 is 0 Å². The molecule has 4 heteroatoms. The van der Waals surface area contributed by atoms with Gasteiger partial charge in [0.05, 0.1) is 12.7 Å². The predicted molar refractivity (Wildman–Crippen MR) is 59.7 cm³/mol. The fraction of sp³-hybridized carbons (Fsp3) is 0.917. The molecule has 0 heterocycles. The van der Waals surface area contributed by atoms with Gasteiger partial charge in [-0.05, 0) is 24.7 Å². The van der Waals surface area contributed by atoms with Gasteiger partial charge in [-0.2, -0.15) is 0 Å². The van der Waals surface area contributed by atoms with E-state index in [0.717, 1.165) is 0 Å². The Labute approximate surface area is 96.3 Å². The van der Waals surface area contributed by atoms with Gasteiger partial charge in [-0.15, -0.1) is 0 Å². The summed E-state index contributed by atoms with van der Waals surface area (Å²) in [5.74, 6) is 1.58. The molecule has 0 aromatic heterocycles. The fourth-order valence-corrected chi connectivity index (χ4v) is 3.08. The summed E-state index contributed by atoms with van der Waals surface area (Å²) in [6.45, 7) is -0.0413. The van der Waals surface area contributed by atoms with Crippen LogP contribution in [0.5, 0.6) is 0 Å². The van der Waals surface area contributed by atoms with Gasteiger partial charge in [0.15, 0.2) is 0 Å². The first-order valence-electron chi connectivity index (χ1n) is 6.19. The molecule has 1 amide bonds. The Kier molecular flexibility index (Phi) is 3.50. The molecule has 4 nitrogen and oxygen atoms in total. The summed E-state index contributed by atoms with van der Waals surface area (Å²) in [6, 6.07) is 0. The van der Waals surface area contributed by atoms with Gasteiger partial charge < -0.3 is 15.1 Å². The first-order chi connectivity index (χ1) is 7.65. The van der Waals surface area contributed by atoms with Crippen molar-refractivity contribution in [2.24, 2.45) is 17.8 Å². The molecule has 2 aliphatic rings. The molecule has 0 aliphatic heterocycles. The lowest BCUT2D eigenvalue weighted by Crippen LogP contribution is -2.37. The van der Waals surface area contributed by atoms with E-state index in [1.165, 1.54) is 25.7 Å². The third-order valence-corrected chi connectivity index (χ3v) is 4.01. The second kappa shape index (κ2) is 4.72. The topological polar surface area (TPSA) is 60.8 Å². The Morgan fingerprint density at radius 2 is 1.94 bits per heavy atom. The number of carbonyl (C=O) groups is 1. The first-order valence-corrected chi connectivity index (χ1v) is 6.19. The van der Waals surface area contributed by atoms with Crippen molar-refractivity contribution in [1.29, 1.82) is 0 Å². The van der Waals surface area contributed by atoms with Crippen LogP contribution in [0.3, 0.4) is 0 Å². The minimum absolute atomic E-state index is 0.157. The Morgan fingerprint density at radius 3 is 2.44 bits per heavy atom. The lowest BCUT2D eigenvalue weighted by molar-refractivity contribution is -0.133. The first kappa shape index (κ1) is 11.9. The molecule has 0 aromatic rings. The van der Waals surface area contributed by atoms with Crippen molar-refractivity contribution in [2.45, 2.75) is 31.8 Å². The molecule has 92 valence electrons. The minimum atomic E-state index is -0.810. The van der Waals surface area contributed by atoms with Crippen molar-refractivity contribution < 1.29 is 15.0 Å². The molecular weight excluding hydrogens is 206 g/mol. The standard InChI is InChI=1S/C12H21NO3/c1-13(6-8(15)7-14)12(16)11-9-4-2-3-5-10(9)11/h8-11,14-15H,2-7H2,1H3/t8-,9?,10?,11?/m0/s1. The summed E-state index contributed by atoms with van der Waals surface area (Å²) >= 11 is 0. The Balaban J connectivity index is 1.84. The molecule has 2 unspecified atom stereocenters. The number of hydrogen-bond acceptors (Lipinski definition) is 3. The Hall–Kier alpha value is -0.610. The summed E-state index contributed by atoms with van der Waals surface area (Å²) in [7, 11) is 1.71. The van der Waals surface area contributed by atoms with Crippen molar-refractivity contribution >= 4 is 5.91 Å². The zero-order valence-electron chi connectivity index (χ0n) is 9.80. The zero-order chi connectivity index (χ0) is 11.7. The van der Waals surface area contributed by atoms with Gasteiger partial charge in [-0.25, -0.2) is 0 Å². The molecular formula is C12H21NO3. The molecule has 0 bridgehead atoms. The van der Waals surface area contributed by atoms with Crippen LogP contribution in [0.1, 0.15) is 25.7 Å². The quantitative estimate of drug-likeness (QED) is 0.723. The lowest BCUT2D eigenvalue weighted by atomic mass is 10.0. The lowest BCUT2D eigenvalue weighted by Gasteiger charge is -2.19. The SMILES string of the molecule is CN(C[C@H](O)CO)C(=O)C1C2CCCCC21. The largest absolute Gasteiger partial charge is 0.394 e. The monoisotopic (exact) mass is 227 g/mol. The van der Waals surface area contributed by atoms with Crippen LogP contribution in [-0.4, -0.2) is 47.3 Å². The van der Waals surface area contributed by atoms with Crippen molar-refractivity contribution in [3.05, 3.63) is 0 Å². The van der Waals surface area contributed by atoms with E-state index in [2.05, 4.69) is 0 Å². The second-order valence-corrected chi connectivity index (χ2v) is 5.19. The second-order valence-electron chi connectivity index (χ2n) is 5.19. The van der Waals surface area contributed by atoms with Gasteiger partial charge in [0.1, 0.15) is 0 Å². The molecule has 0 spiro atoms. The Morgan fingerprint density at radius 1 is 1.38 bits per heavy atom. The molecule has 2 fully saturated rings. The van der Waals surface area contributed by atoms with Crippen LogP contribution < -0.4 is 0 Å². The number of fused-ring (bicyclic) bond motifs is 1. The molecule has 16 heavy (non-hydrogen) atoms. The van der Waals surface area contributed by atoms with Crippen LogP contribution in [0, 0.1) is 17.8 Å². The van der Waals surface area contributed by atoms with Crippen LogP contribution in [0.4, 0.5) is 0 Å². The molecule has 2 saturated carbocycles. The maximum absolute atomic E-state index is 12.1. The molecule has 2 N–H and O–H groups in total. The highest BCUT2D eigenvalue weighted by Gasteiger charge is 2.55. The fourth-order valence-electron chi connectivity index (χ4n) is 3.08. The minimum Gasteiger partial charge on any atom is -0.394 e. The third kappa shape index (κ3) is 2.23. The van der Waals surface area contributed by atoms with Crippen molar-refractivity contribution in [2.75, 3.05) is 20.2 Å². The summed E-state index contributed by atoms with van der Waals surface area (Å²) in [5.41, 5.74) is 0. The zero-order valence-corrected chi connectivity index (χ0v) is 9.80. The average molecular weight is 227 g/mol. The average Bonchev–Trinajstić information content (AvgIpc) is 3.01. The predicted octanol–water partition coefficient (Wildman–Crippen LogP) is 0.234. The maximum Gasteiger partial charge on any atom is 0.226 e. The summed E-state index contributed by atoms with van der Waals surface area (Å²) in [4.78, 5) is 13.6. The number of aliphatic hydroxyl groups excluding tert-OH is 2. The molecule has 0 aromatic carbocycles. The third-order valence-electron chi connectivity index (χ3n) is 4.01. The Bertz CT molecular complexity index is 257. The summed E-state index contributed by atoms with van der Waals surface area (Å²) in [6.07, 6.45) is 4.09. The van der Waals surface area contributed by atoms with E-state index in [1.54, 1.807) is 11.9 Å². The van der Waals surface area contributed by atoms with Gasteiger partial charge in [0.2, 0.25) is 5.91 Å². The molecule has 0 saturated heterocycles. The highest BCUT2D eigenvalue weighted by atomic mass is 16.3. The van der Waals surface area contributed by atoms with Crippen LogP contribution >= 0.6 is 0 Å². The van der Waals surface area contributed by atoms with Crippen molar-refractivity contribution in [3.63, 3.8) is 0 Å². The van der Waals surface area contributed by atoms with Crippen molar-refractivity contribution in [1.82, 2.24) is 4.90 Å². The molecule has 2 rings (SSSR count). The van der Waals surface area contributed by atoms with Gasteiger partial charge in [-0.1, -0.05) is 12.8 Å². The van der Waals surface area contributed by atoms with E-state index in [9.17, 15) is 9.90 Å². The van der Waals surface area contributed by atoms with E-state index in [-0.39, 0.29) is 25.0 Å². The number of amides is 1. The number of nitrogens with zero attached hydrogens (tertiary/aromatic N) is 1. The van der Waals surface area contributed by atoms with Gasteiger partial charge in [-0.3, -0.25) is 4.79 Å². The summed E-state index contributed by atoms with van der Waals surface area (Å²) < 4.78 is 0. The molecule has 2 aliphatic carbocycles.